The van der Waals surface area contributed by atoms with E-state index < -0.39 is 6.23 Å². The molecule has 2 aliphatic heterocycles. The number of hydrogen-bond donors (Lipinski definition) is 0. The molecule has 0 bridgehead atoms. The average molecular weight is 374 g/mol. The molecule has 0 aliphatic carbocycles. The molecular weight excluding hydrogens is 355 g/mol. The minimum absolute atomic E-state index is 0.0555. The number of methoxy groups -OCH3 is 1. The first kappa shape index (κ1) is 16.8. The van der Waals surface area contributed by atoms with Crippen molar-refractivity contribution in [2.45, 2.75) is 18.7 Å². The van der Waals surface area contributed by atoms with Gasteiger partial charge in [-0.2, -0.15) is 5.10 Å². The SMILES string of the molecule is COc1ccccc1[C@@H]1Oc2ccccc2[C@@H]2CC(c3ccc(F)cc3)=NN21. The standard InChI is InChI=1S/C23H19FN2O2/c1-27-21-8-4-3-7-18(21)23-26-20(17-6-2-5-9-22(17)28-23)14-19(25-26)15-10-12-16(24)13-11-15/h2-13,20,23H,14H2,1H3/t20-,23-/m0/s1. The van der Waals surface area contributed by atoms with Crippen molar-refractivity contribution in [2.24, 2.45) is 5.10 Å². The maximum atomic E-state index is 13.3. The summed E-state index contributed by atoms with van der Waals surface area (Å²) in [5.41, 5.74) is 3.88. The smallest absolute Gasteiger partial charge is 0.217 e. The molecule has 5 rings (SSSR count). The topological polar surface area (TPSA) is 34.1 Å². The Labute approximate surface area is 162 Å². The highest BCUT2D eigenvalue weighted by Gasteiger charge is 2.41. The van der Waals surface area contributed by atoms with Gasteiger partial charge in [-0.1, -0.05) is 42.5 Å². The first-order valence-corrected chi connectivity index (χ1v) is 9.25. The van der Waals surface area contributed by atoms with E-state index in [1.807, 2.05) is 47.5 Å². The van der Waals surface area contributed by atoms with Gasteiger partial charge in [-0.05, 0) is 35.9 Å². The van der Waals surface area contributed by atoms with E-state index in [-0.39, 0.29) is 11.9 Å². The van der Waals surface area contributed by atoms with Crippen LogP contribution in [-0.4, -0.2) is 17.8 Å². The predicted molar refractivity (Wildman–Crippen MR) is 105 cm³/mol. The van der Waals surface area contributed by atoms with Crippen molar-refractivity contribution in [3.05, 3.63) is 95.3 Å². The summed E-state index contributed by atoms with van der Waals surface area (Å²) >= 11 is 0. The highest BCUT2D eigenvalue weighted by atomic mass is 19.1. The molecule has 3 aromatic rings. The van der Waals surface area contributed by atoms with Crippen LogP contribution in [0.1, 0.15) is 35.4 Å². The number of hydrazone groups is 1. The van der Waals surface area contributed by atoms with Gasteiger partial charge < -0.3 is 9.47 Å². The average Bonchev–Trinajstić information content (AvgIpc) is 3.19. The number of hydrogen-bond acceptors (Lipinski definition) is 4. The van der Waals surface area contributed by atoms with Crippen LogP contribution in [0.3, 0.4) is 0 Å². The van der Waals surface area contributed by atoms with E-state index >= 15 is 0 Å². The van der Waals surface area contributed by atoms with Crippen molar-refractivity contribution in [3.63, 3.8) is 0 Å². The molecule has 140 valence electrons. The lowest BCUT2D eigenvalue weighted by Crippen LogP contribution is -2.33. The third-order valence-corrected chi connectivity index (χ3v) is 5.28. The van der Waals surface area contributed by atoms with E-state index in [1.54, 1.807) is 19.2 Å². The zero-order valence-corrected chi connectivity index (χ0v) is 15.4. The second-order valence-electron chi connectivity index (χ2n) is 6.90. The molecule has 4 nitrogen and oxygen atoms in total. The summed E-state index contributed by atoms with van der Waals surface area (Å²) in [7, 11) is 1.66. The lowest BCUT2D eigenvalue weighted by molar-refractivity contribution is -0.0203. The van der Waals surface area contributed by atoms with E-state index in [0.717, 1.165) is 40.3 Å². The van der Waals surface area contributed by atoms with E-state index in [4.69, 9.17) is 14.6 Å². The second-order valence-corrected chi connectivity index (χ2v) is 6.90. The van der Waals surface area contributed by atoms with Crippen molar-refractivity contribution in [1.82, 2.24) is 5.01 Å². The highest BCUT2D eigenvalue weighted by Crippen LogP contribution is 2.48. The van der Waals surface area contributed by atoms with Gasteiger partial charge in [0.05, 0.1) is 24.4 Å². The number of para-hydroxylation sites is 2. The lowest BCUT2D eigenvalue weighted by Gasteiger charge is -2.38. The highest BCUT2D eigenvalue weighted by molar-refractivity contribution is 6.01. The van der Waals surface area contributed by atoms with Gasteiger partial charge in [0.15, 0.2) is 0 Å². The first-order chi connectivity index (χ1) is 13.7. The summed E-state index contributed by atoms with van der Waals surface area (Å²) in [6.45, 7) is 0. The monoisotopic (exact) mass is 374 g/mol. The van der Waals surface area contributed by atoms with Crippen LogP contribution in [0.4, 0.5) is 4.39 Å². The summed E-state index contributed by atoms with van der Waals surface area (Å²) < 4.78 is 25.3. The van der Waals surface area contributed by atoms with E-state index in [1.165, 1.54) is 12.1 Å². The fraction of sp³-hybridized carbons (Fsp3) is 0.174. The second kappa shape index (κ2) is 6.68. The summed E-state index contributed by atoms with van der Waals surface area (Å²) in [4.78, 5) is 0. The van der Waals surface area contributed by atoms with Crippen LogP contribution in [-0.2, 0) is 0 Å². The summed E-state index contributed by atoms with van der Waals surface area (Å²) in [5.74, 6) is 1.37. The lowest BCUT2D eigenvalue weighted by atomic mass is 9.96. The Hall–Kier alpha value is -3.34. The quantitative estimate of drug-likeness (QED) is 0.641. The Morgan fingerprint density at radius 1 is 0.964 bits per heavy atom. The number of fused-ring (bicyclic) bond motifs is 3. The first-order valence-electron chi connectivity index (χ1n) is 9.25. The zero-order valence-electron chi connectivity index (χ0n) is 15.4. The van der Waals surface area contributed by atoms with Gasteiger partial charge in [0, 0.05) is 12.0 Å². The maximum absolute atomic E-state index is 13.3. The summed E-state index contributed by atoms with van der Waals surface area (Å²) in [6.07, 6.45) is 0.339. The van der Waals surface area contributed by atoms with E-state index in [9.17, 15) is 4.39 Å². The fourth-order valence-corrected chi connectivity index (χ4v) is 3.93. The number of benzene rings is 3. The third kappa shape index (κ3) is 2.71. The van der Waals surface area contributed by atoms with Gasteiger partial charge in [0.25, 0.3) is 0 Å². The van der Waals surface area contributed by atoms with Crippen LogP contribution < -0.4 is 9.47 Å². The molecule has 0 radical (unpaired) electrons. The van der Waals surface area contributed by atoms with Gasteiger partial charge in [-0.15, -0.1) is 0 Å². The Balaban J connectivity index is 1.61. The van der Waals surface area contributed by atoms with Crippen molar-refractivity contribution in [3.8, 4) is 11.5 Å². The van der Waals surface area contributed by atoms with Crippen LogP contribution in [0.15, 0.2) is 77.9 Å². The van der Waals surface area contributed by atoms with Gasteiger partial charge in [-0.3, -0.25) is 0 Å². The largest absolute Gasteiger partial charge is 0.496 e. The van der Waals surface area contributed by atoms with Gasteiger partial charge in [0.2, 0.25) is 6.23 Å². The predicted octanol–water partition coefficient (Wildman–Crippen LogP) is 5.08. The Morgan fingerprint density at radius 3 is 2.46 bits per heavy atom. The number of ether oxygens (including phenoxy) is 2. The van der Waals surface area contributed by atoms with Gasteiger partial charge in [-0.25, -0.2) is 9.40 Å². The van der Waals surface area contributed by atoms with Gasteiger partial charge in [0.1, 0.15) is 17.3 Å². The third-order valence-electron chi connectivity index (χ3n) is 5.28. The molecule has 2 heterocycles. The molecule has 0 unspecified atom stereocenters. The molecule has 2 atom stereocenters. The van der Waals surface area contributed by atoms with Crippen molar-refractivity contribution in [1.29, 1.82) is 0 Å². The molecule has 3 aromatic carbocycles. The Morgan fingerprint density at radius 2 is 1.68 bits per heavy atom. The molecule has 0 amide bonds. The number of nitrogens with zero attached hydrogens (tertiary/aromatic N) is 2. The molecule has 0 saturated heterocycles. The van der Waals surface area contributed by atoms with Crippen molar-refractivity contribution < 1.29 is 13.9 Å². The minimum atomic E-state index is -0.394. The molecule has 2 aliphatic rings. The van der Waals surface area contributed by atoms with E-state index in [0.29, 0.717) is 0 Å². The molecular formula is C23H19FN2O2. The Bertz CT molecular complexity index is 1050. The zero-order chi connectivity index (χ0) is 19.1. The Kier molecular flexibility index (Phi) is 4.01. The van der Waals surface area contributed by atoms with Crippen molar-refractivity contribution >= 4 is 5.71 Å². The minimum Gasteiger partial charge on any atom is -0.496 e. The molecule has 28 heavy (non-hydrogen) atoms. The molecule has 5 heteroatoms. The van der Waals surface area contributed by atoms with Crippen LogP contribution in [0.25, 0.3) is 0 Å². The van der Waals surface area contributed by atoms with Crippen LogP contribution >= 0.6 is 0 Å². The maximum Gasteiger partial charge on any atom is 0.217 e. The van der Waals surface area contributed by atoms with Crippen LogP contribution in [0.2, 0.25) is 0 Å². The fourth-order valence-electron chi connectivity index (χ4n) is 3.93. The van der Waals surface area contributed by atoms with Crippen LogP contribution in [0, 0.1) is 5.82 Å². The molecule has 0 N–H and O–H groups in total. The van der Waals surface area contributed by atoms with E-state index in [2.05, 4.69) is 6.07 Å². The molecule has 0 fully saturated rings. The molecule has 0 spiro atoms. The summed E-state index contributed by atoms with van der Waals surface area (Å²) in [6, 6.07) is 22.4. The summed E-state index contributed by atoms with van der Waals surface area (Å²) in [5, 5.41) is 6.89. The molecule has 0 saturated carbocycles. The number of rotatable bonds is 3. The number of halogens is 1. The van der Waals surface area contributed by atoms with Gasteiger partial charge >= 0.3 is 0 Å². The van der Waals surface area contributed by atoms with Crippen molar-refractivity contribution in [2.75, 3.05) is 7.11 Å². The van der Waals surface area contributed by atoms with Crippen LogP contribution in [0.5, 0.6) is 11.5 Å². The molecule has 0 aromatic heterocycles. The normalized spacial score (nSPS) is 20.1.